The number of nitrogens with one attached hydrogen (secondary N) is 1. The van der Waals surface area contributed by atoms with Crippen molar-refractivity contribution in [1.29, 1.82) is 0 Å². The van der Waals surface area contributed by atoms with Crippen LogP contribution in [0.2, 0.25) is 10.0 Å². The highest BCUT2D eigenvalue weighted by atomic mass is 35.5. The van der Waals surface area contributed by atoms with Gasteiger partial charge in [-0.1, -0.05) is 84.2 Å². The molecule has 0 fully saturated rings. The number of nitrogens with zero attached hydrogens (tertiary/aromatic N) is 1. The largest absolute Gasteiger partial charge is 0.494 e. The quantitative estimate of drug-likeness (QED) is 0.231. The predicted octanol–water partition coefficient (Wildman–Crippen LogP) is 7.02. The van der Waals surface area contributed by atoms with Crippen LogP contribution in [0.5, 0.6) is 5.75 Å². The lowest BCUT2D eigenvalue weighted by Gasteiger charge is -2.32. The Morgan fingerprint density at radius 2 is 1.66 bits per heavy atom. The summed E-state index contributed by atoms with van der Waals surface area (Å²) >= 11 is 12.4. The van der Waals surface area contributed by atoms with Gasteiger partial charge in [0.25, 0.3) is 0 Å². The minimum atomic E-state index is -0.689. The number of halogens is 2. The maximum Gasteiger partial charge on any atom is 0.243 e. The number of hydrogen-bond donors (Lipinski definition) is 1. The SMILES string of the molecule is CCC(C)NC(=O)C(Cc1ccccc1)N(Cc1ccc(Cl)c(Cl)c1)C(=O)CCCOc1ccc(C)cc1. The second-order valence-electron chi connectivity index (χ2n) is 9.56. The predicted molar refractivity (Wildman–Crippen MR) is 155 cm³/mol. The summed E-state index contributed by atoms with van der Waals surface area (Å²) < 4.78 is 5.83. The van der Waals surface area contributed by atoms with Crippen molar-refractivity contribution in [3.8, 4) is 5.75 Å². The highest BCUT2D eigenvalue weighted by molar-refractivity contribution is 6.42. The van der Waals surface area contributed by atoms with Gasteiger partial charge in [0.1, 0.15) is 11.8 Å². The molecule has 0 saturated carbocycles. The van der Waals surface area contributed by atoms with Gasteiger partial charge in [-0.25, -0.2) is 0 Å². The second-order valence-corrected chi connectivity index (χ2v) is 10.4. The molecular weight excluding hydrogens is 519 g/mol. The summed E-state index contributed by atoms with van der Waals surface area (Å²) in [5, 5.41) is 3.93. The van der Waals surface area contributed by atoms with Crippen LogP contribution in [0.25, 0.3) is 0 Å². The molecule has 0 aliphatic rings. The summed E-state index contributed by atoms with van der Waals surface area (Å²) in [5.41, 5.74) is 2.94. The van der Waals surface area contributed by atoms with Crippen molar-refractivity contribution in [2.45, 2.75) is 65.1 Å². The zero-order valence-corrected chi connectivity index (χ0v) is 23.8. The fourth-order valence-corrected chi connectivity index (χ4v) is 4.34. The van der Waals surface area contributed by atoms with E-state index in [2.05, 4.69) is 5.32 Å². The Balaban J connectivity index is 1.82. The Hall–Kier alpha value is -3.02. The van der Waals surface area contributed by atoms with E-state index in [-0.39, 0.29) is 30.8 Å². The Morgan fingerprint density at radius 3 is 2.32 bits per heavy atom. The number of carbonyl (C=O) groups is 2. The molecule has 1 N–H and O–H groups in total. The van der Waals surface area contributed by atoms with Crippen molar-refractivity contribution in [2.75, 3.05) is 6.61 Å². The first kappa shape index (κ1) is 29.5. The van der Waals surface area contributed by atoms with Gasteiger partial charge in [-0.15, -0.1) is 0 Å². The number of rotatable bonds is 13. The van der Waals surface area contributed by atoms with E-state index < -0.39 is 6.04 Å². The molecule has 2 amide bonds. The fourth-order valence-electron chi connectivity index (χ4n) is 4.02. The van der Waals surface area contributed by atoms with Crippen molar-refractivity contribution in [3.63, 3.8) is 0 Å². The van der Waals surface area contributed by atoms with Crippen molar-refractivity contribution in [2.24, 2.45) is 0 Å². The first-order valence-electron chi connectivity index (χ1n) is 13.0. The lowest BCUT2D eigenvalue weighted by atomic mass is 10.0. The first-order valence-corrected chi connectivity index (χ1v) is 13.8. The fraction of sp³-hybridized carbons (Fsp3) is 0.355. The lowest BCUT2D eigenvalue weighted by molar-refractivity contribution is -0.141. The monoisotopic (exact) mass is 554 g/mol. The molecule has 2 unspecified atom stereocenters. The minimum Gasteiger partial charge on any atom is -0.494 e. The van der Waals surface area contributed by atoms with Crippen molar-refractivity contribution in [1.82, 2.24) is 10.2 Å². The maximum absolute atomic E-state index is 13.7. The molecule has 2 atom stereocenters. The van der Waals surface area contributed by atoms with Crippen LogP contribution in [-0.2, 0) is 22.6 Å². The molecule has 3 aromatic rings. The third-order valence-electron chi connectivity index (χ3n) is 6.43. The molecule has 0 radical (unpaired) electrons. The van der Waals surface area contributed by atoms with Gasteiger partial charge in [0.05, 0.1) is 16.7 Å². The van der Waals surface area contributed by atoms with Crippen LogP contribution >= 0.6 is 23.2 Å². The Labute approximate surface area is 236 Å². The lowest BCUT2D eigenvalue weighted by Crippen LogP contribution is -2.52. The maximum atomic E-state index is 13.7. The van der Waals surface area contributed by atoms with Gasteiger partial charge in [-0.05, 0) is 62.1 Å². The topological polar surface area (TPSA) is 58.6 Å². The molecule has 3 aromatic carbocycles. The molecule has 5 nitrogen and oxygen atoms in total. The van der Waals surface area contributed by atoms with Gasteiger partial charge in [-0.2, -0.15) is 0 Å². The number of hydrogen-bond acceptors (Lipinski definition) is 3. The van der Waals surface area contributed by atoms with Crippen LogP contribution < -0.4 is 10.1 Å². The smallest absolute Gasteiger partial charge is 0.243 e. The number of benzene rings is 3. The Morgan fingerprint density at radius 1 is 0.947 bits per heavy atom. The van der Waals surface area contributed by atoms with Crippen LogP contribution in [0, 0.1) is 6.92 Å². The van der Waals surface area contributed by atoms with Crippen LogP contribution in [-0.4, -0.2) is 35.4 Å². The number of ether oxygens (including phenoxy) is 1. The Kier molecular flexibility index (Phi) is 11.5. The van der Waals surface area contributed by atoms with Gasteiger partial charge in [0, 0.05) is 25.4 Å². The van der Waals surface area contributed by atoms with E-state index in [1.54, 1.807) is 17.0 Å². The Bertz CT molecular complexity index is 1190. The van der Waals surface area contributed by atoms with E-state index in [4.69, 9.17) is 27.9 Å². The highest BCUT2D eigenvalue weighted by Crippen LogP contribution is 2.25. The molecule has 0 saturated heterocycles. The van der Waals surface area contributed by atoms with Gasteiger partial charge in [0.2, 0.25) is 11.8 Å². The molecule has 0 aliphatic heterocycles. The molecular formula is C31H36Cl2N2O3. The van der Waals surface area contributed by atoms with E-state index in [1.807, 2.05) is 81.4 Å². The summed E-state index contributed by atoms with van der Waals surface area (Å²) in [5.74, 6) is 0.474. The van der Waals surface area contributed by atoms with Crippen LogP contribution in [0.1, 0.15) is 49.8 Å². The summed E-state index contributed by atoms with van der Waals surface area (Å²) in [6.45, 7) is 6.64. The first-order chi connectivity index (χ1) is 18.3. The van der Waals surface area contributed by atoms with Crippen molar-refractivity contribution >= 4 is 35.0 Å². The molecule has 0 heterocycles. The van der Waals surface area contributed by atoms with Crippen LogP contribution in [0.3, 0.4) is 0 Å². The third-order valence-corrected chi connectivity index (χ3v) is 7.17. The summed E-state index contributed by atoms with van der Waals surface area (Å²) in [4.78, 5) is 28.9. The van der Waals surface area contributed by atoms with Gasteiger partial charge >= 0.3 is 0 Å². The molecule has 202 valence electrons. The third kappa shape index (κ3) is 9.07. The van der Waals surface area contributed by atoms with Crippen molar-refractivity contribution < 1.29 is 14.3 Å². The minimum absolute atomic E-state index is 0.00869. The average Bonchev–Trinajstić information content (AvgIpc) is 2.91. The number of amides is 2. The van der Waals surface area contributed by atoms with Crippen LogP contribution in [0.4, 0.5) is 0 Å². The zero-order chi connectivity index (χ0) is 27.5. The van der Waals surface area contributed by atoms with Gasteiger partial charge in [0.15, 0.2) is 0 Å². The number of aryl methyl sites for hydroxylation is 1. The molecule has 0 aliphatic carbocycles. The molecule has 0 spiro atoms. The summed E-state index contributed by atoms with van der Waals surface area (Å²) in [6.07, 6.45) is 1.96. The molecule has 0 bridgehead atoms. The van der Waals surface area contributed by atoms with E-state index in [9.17, 15) is 9.59 Å². The standard InChI is InChI=1S/C31H36Cl2N2O3/c1-4-23(3)34-31(37)29(20-24-9-6-5-7-10-24)35(21-25-14-17-27(32)28(33)19-25)30(36)11-8-18-38-26-15-12-22(2)13-16-26/h5-7,9-10,12-17,19,23,29H,4,8,11,18,20-21H2,1-3H3,(H,34,37). The molecule has 3 rings (SSSR count). The molecule has 0 aromatic heterocycles. The van der Waals surface area contributed by atoms with E-state index in [0.717, 1.165) is 28.9 Å². The van der Waals surface area contributed by atoms with Gasteiger partial charge < -0.3 is 15.0 Å². The molecule has 7 heteroatoms. The number of carbonyl (C=O) groups excluding carboxylic acids is 2. The summed E-state index contributed by atoms with van der Waals surface area (Å²) in [7, 11) is 0. The normalized spacial score (nSPS) is 12.4. The zero-order valence-electron chi connectivity index (χ0n) is 22.3. The second kappa shape index (κ2) is 14.8. The van der Waals surface area contributed by atoms with E-state index in [0.29, 0.717) is 29.5 Å². The van der Waals surface area contributed by atoms with Gasteiger partial charge in [-0.3, -0.25) is 9.59 Å². The van der Waals surface area contributed by atoms with Crippen molar-refractivity contribution in [3.05, 3.63) is 99.5 Å². The van der Waals surface area contributed by atoms with E-state index in [1.165, 1.54) is 0 Å². The average molecular weight is 556 g/mol. The highest BCUT2D eigenvalue weighted by Gasteiger charge is 2.30. The molecule has 38 heavy (non-hydrogen) atoms. The van der Waals surface area contributed by atoms with Crippen LogP contribution in [0.15, 0.2) is 72.8 Å². The van der Waals surface area contributed by atoms with E-state index >= 15 is 0 Å². The summed E-state index contributed by atoms with van der Waals surface area (Å²) in [6, 6.07) is 22.2.